The summed E-state index contributed by atoms with van der Waals surface area (Å²) in [5.41, 5.74) is -3.31. The molecule has 1 atom stereocenters. The number of carbonyl (C=O) groups is 3. The van der Waals surface area contributed by atoms with Crippen molar-refractivity contribution in [1.82, 2.24) is 0 Å². The second-order valence-electron chi connectivity index (χ2n) is 11.4. The molecule has 0 saturated carbocycles. The van der Waals surface area contributed by atoms with Gasteiger partial charge in [-0.3, -0.25) is 9.59 Å². The van der Waals surface area contributed by atoms with E-state index in [-0.39, 0.29) is 17.0 Å². The number of Topliss-reactive ketones (excluding diaryl/α,β-unsaturated/α-hetero) is 1. The molecule has 0 aromatic rings. The molecule has 0 unspecified atom stereocenters. The van der Waals surface area contributed by atoms with Gasteiger partial charge in [0.2, 0.25) is 0 Å². The first-order valence-corrected chi connectivity index (χ1v) is 12.0. The van der Waals surface area contributed by atoms with Crippen molar-refractivity contribution in [3.63, 3.8) is 0 Å². The van der Waals surface area contributed by atoms with Gasteiger partial charge in [0, 0.05) is 31.0 Å². The van der Waals surface area contributed by atoms with Crippen molar-refractivity contribution in [1.29, 1.82) is 0 Å². The van der Waals surface area contributed by atoms with Gasteiger partial charge in [-0.1, -0.05) is 26.7 Å². The van der Waals surface area contributed by atoms with Crippen LogP contribution in [0.15, 0.2) is 0 Å². The summed E-state index contributed by atoms with van der Waals surface area (Å²) in [4.78, 5) is 36.2. The number of aliphatic carboxylic acids is 1. The summed E-state index contributed by atoms with van der Waals surface area (Å²) >= 11 is 0. The molecule has 8 nitrogen and oxygen atoms in total. The molecule has 0 aromatic heterocycles. The van der Waals surface area contributed by atoms with Gasteiger partial charge in [0.25, 0.3) is 0 Å². The number of nitrogens with zero attached hydrogens (tertiary/aromatic N) is 1. The van der Waals surface area contributed by atoms with Crippen molar-refractivity contribution in [2.45, 2.75) is 85.2 Å². The Morgan fingerprint density at radius 3 is 1.79 bits per heavy atom. The van der Waals surface area contributed by atoms with Gasteiger partial charge in [-0.2, -0.15) is 0 Å². The molecular weight excluding hydrogens is 426 g/mol. The smallest absolute Gasteiger partial charge is 0.311 e. The normalized spacial score (nSPS) is 14.6. The number of ketones is 1. The number of carbonyl (C=O) groups excluding carboxylic acids is 3. The topological polar surface area (TPSA) is 113 Å². The molecule has 0 aliphatic heterocycles. The zero-order valence-corrected chi connectivity index (χ0v) is 22.1. The van der Waals surface area contributed by atoms with Gasteiger partial charge >= 0.3 is 5.97 Å². The lowest BCUT2D eigenvalue weighted by Crippen LogP contribution is -2.59. The lowest BCUT2D eigenvalue weighted by atomic mass is 9.74. The van der Waals surface area contributed by atoms with Crippen LogP contribution in [0.5, 0.6) is 0 Å². The van der Waals surface area contributed by atoms with Crippen molar-refractivity contribution in [2.24, 2.45) is 10.8 Å². The van der Waals surface area contributed by atoms with Gasteiger partial charge in [0.05, 0.1) is 33.2 Å². The van der Waals surface area contributed by atoms with Crippen LogP contribution in [0.3, 0.4) is 0 Å². The summed E-state index contributed by atoms with van der Waals surface area (Å²) in [6.45, 7) is 10.6. The SMILES string of the molecule is CCOC(=O)C(C)(C)CCCCOCCCCC(C)(C)C(=O)[C@@](O)(CC(=O)[O-])C[N+](C)(C)C. The largest absolute Gasteiger partial charge is 0.550 e. The van der Waals surface area contributed by atoms with Crippen LogP contribution in [0.25, 0.3) is 0 Å². The number of unbranched alkanes of at least 4 members (excludes halogenated alkanes) is 2. The van der Waals surface area contributed by atoms with Gasteiger partial charge < -0.3 is 29.0 Å². The molecular formula is C25H47NO7. The maximum atomic E-state index is 13.1. The number of quaternary nitrogens is 1. The molecule has 0 aliphatic carbocycles. The Kier molecular flexibility index (Phi) is 12.8. The van der Waals surface area contributed by atoms with Crippen LogP contribution in [0, 0.1) is 10.8 Å². The van der Waals surface area contributed by atoms with Crippen LogP contribution in [-0.4, -0.2) is 80.4 Å². The average molecular weight is 474 g/mol. The lowest BCUT2D eigenvalue weighted by molar-refractivity contribution is -0.875. The van der Waals surface area contributed by atoms with E-state index in [2.05, 4.69) is 0 Å². The van der Waals surface area contributed by atoms with Crippen molar-refractivity contribution in [3.05, 3.63) is 0 Å². The lowest BCUT2D eigenvalue weighted by Gasteiger charge is -2.39. The highest BCUT2D eigenvalue weighted by atomic mass is 16.5. The zero-order chi connectivity index (χ0) is 25.9. The number of carboxylic acids is 1. The summed E-state index contributed by atoms with van der Waals surface area (Å²) in [5.74, 6) is -2.07. The van der Waals surface area contributed by atoms with E-state index in [1.165, 1.54) is 0 Å². The van der Waals surface area contributed by atoms with Crippen LogP contribution in [0.2, 0.25) is 0 Å². The highest BCUT2D eigenvalue weighted by Gasteiger charge is 2.47. The number of ether oxygens (including phenoxy) is 2. The second-order valence-corrected chi connectivity index (χ2v) is 11.4. The maximum Gasteiger partial charge on any atom is 0.311 e. The van der Waals surface area contributed by atoms with Gasteiger partial charge in [-0.05, 0) is 46.5 Å². The van der Waals surface area contributed by atoms with Gasteiger partial charge in [-0.15, -0.1) is 0 Å². The van der Waals surface area contributed by atoms with E-state index in [1.807, 2.05) is 13.8 Å². The standard InChI is InChI=1S/C25H47NO7/c1-9-33-22(30)24(4,5)15-11-13-17-32-16-12-10-14-23(2,3)21(29)25(31,18-20(27)28)19-26(6,7)8/h31H,9-19H2,1-8H3/t25-/m1/s1. The van der Waals surface area contributed by atoms with Crippen molar-refractivity contribution in [2.75, 3.05) is 47.5 Å². The van der Waals surface area contributed by atoms with E-state index in [9.17, 15) is 24.6 Å². The third kappa shape index (κ3) is 12.5. The molecule has 0 bridgehead atoms. The molecule has 0 heterocycles. The highest BCUT2D eigenvalue weighted by Crippen LogP contribution is 2.32. The van der Waals surface area contributed by atoms with Crippen molar-refractivity contribution in [3.8, 4) is 0 Å². The number of rotatable bonds is 18. The number of likely N-dealkylation sites (N-methyl/N-ethyl adjacent to an activating group) is 1. The summed E-state index contributed by atoms with van der Waals surface area (Å²) in [6.07, 6.45) is 3.77. The van der Waals surface area contributed by atoms with E-state index in [0.717, 1.165) is 32.1 Å². The maximum absolute atomic E-state index is 13.1. The molecule has 0 radical (unpaired) electrons. The second kappa shape index (κ2) is 13.4. The van der Waals surface area contributed by atoms with E-state index in [1.54, 1.807) is 41.9 Å². The average Bonchev–Trinajstić information content (AvgIpc) is 2.63. The van der Waals surface area contributed by atoms with Crippen LogP contribution in [0.4, 0.5) is 0 Å². The fourth-order valence-electron chi connectivity index (χ4n) is 4.05. The van der Waals surface area contributed by atoms with Gasteiger partial charge in [-0.25, -0.2) is 0 Å². The molecule has 1 N–H and O–H groups in total. The number of aliphatic hydroxyl groups is 1. The molecule has 0 fully saturated rings. The van der Waals surface area contributed by atoms with Crippen molar-refractivity contribution < 1.29 is 38.6 Å². The number of carboxylic acid groups (broad SMARTS) is 1. The summed E-state index contributed by atoms with van der Waals surface area (Å²) in [6, 6.07) is 0. The van der Waals surface area contributed by atoms with Crippen LogP contribution in [0.1, 0.15) is 79.6 Å². The first-order chi connectivity index (χ1) is 15.0. The predicted molar refractivity (Wildman–Crippen MR) is 125 cm³/mol. The molecule has 0 saturated heterocycles. The van der Waals surface area contributed by atoms with E-state index in [0.29, 0.717) is 26.2 Å². The Morgan fingerprint density at radius 1 is 0.879 bits per heavy atom. The van der Waals surface area contributed by atoms with E-state index >= 15 is 0 Å². The fraction of sp³-hybridized carbons (Fsp3) is 0.880. The Balaban J connectivity index is 4.40. The summed E-state index contributed by atoms with van der Waals surface area (Å²) < 4.78 is 11.0. The Labute approximate surface area is 200 Å². The molecule has 8 heteroatoms. The van der Waals surface area contributed by atoms with Crippen LogP contribution < -0.4 is 5.11 Å². The Hall–Kier alpha value is -1.51. The molecule has 0 aliphatic rings. The minimum atomic E-state index is -1.96. The van der Waals surface area contributed by atoms with Crippen molar-refractivity contribution >= 4 is 17.7 Å². The first kappa shape index (κ1) is 31.5. The first-order valence-electron chi connectivity index (χ1n) is 12.0. The van der Waals surface area contributed by atoms with E-state index in [4.69, 9.17) is 9.47 Å². The predicted octanol–water partition coefficient (Wildman–Crippen LogP) is 2.11. The quantitative estimate of drug-likeness (QED) is 0.184. The third-order valence-electron chi connectivity index (χ3n) is 5.72. The summed E-state index contributed by atoms with van der Waals surface area (Å²) in [5, 5.41) is 22.1. The fourth-order valence-corrected chi connectivity index (χ4v) is 4.05. The molecule has 0 aromatic carbocycles. The van der Waals surface area contributed by atoms with Gasteiger partial charge in [0.15, 0.2) is 11.4 Å². The molecule has 0 spiro atoms. The molecule has 0 rings (SSSR count). The Bertz CT molecular complexity index is 637. The summed E-state index contributed by atoms with van der Waals surface area (Å²) in [7, 11) is 5.40. The number of hydrogen-bond donors (Lipinski definition) is 1. The monoisotopic (exact) mass is 473 g/mol. The van der Waals surface area contributed by atoms with E-state index < -0.39 is 34.6 Å². The minimum Gasteiger partial charge on any atom is -0.550 e. The third-order valence-corrected chi connectivity index (χ3v) is 5.72. The number of hydrogen-bond acceptors (Lipinski definition) is 7. The molecule has 33 heavy (non-hydrogen) atoms. The minimum absolute atomic E-state index is 0.000668. The Morgan fingerprint density at radius 2 is 1.36 bits per heavy atom. The van der Waals surface area contributed by atoms with Gasteiger partial charge in [0.1, 0.15) is 6.54 Å². The van der Waals surface area contributed by atoms with Crippen LogP contribution >= 0.6 is 0 Å². The van der Waals surface area contributed by atoms with Crippen LogP contribution in [-0.2, 0) is 23.9 Å². The zero-order valence-electron chi connectivity index (χ0n) is 22.1. The highest BCUT2D eigenvalue weighted by molar-refractivity contribution is 5.94. The molecule has 194 valence electrons. The molecule has 0 amide bonds. The number of esters is 1.